The summed E-state index contributed by atoms with van der Waals surface area (Å²) in [5.74, 6) is 0.234. The summed E-state index contributed by atoms with van der Waals surface area (Å²) in [6.45, 7) is 5.69. The number of anilines is 1. The van der Waals surface area contributed by atoms with Gasteiger partial charge in [-0.3, -0.25) is 10.1 Å². The molecule has 1 heterocycles. The molecule has 4 aromatic rings. The minimum atomic E-state index is -0.659. The van der Waals surface area contributed by atoms with E-state index in [-0.39, 0.29) is 11.5 Å². The Morgan fingerprint density at radius 3 is 2.32 bits per heavy atom. The SMILES string of the molecule is CC(C)(C)OC(=O)Nc1ccccc1C(=O)c1cc(OCc2ccccc2)c2ccccc2n1. The average molecular weight is 455 g/mol. The van der Waals surface area contributed by atoms with Crippen LogP contribution in [0.1, 0.15) is 42.4 Å². The molecule has 0 aliphatic heterocycles. The van der Waals surface area contributed by atoms with Crippen LogP contribution in [0.4, 0.5) is 10.5 Å². The number of hydrogen-bond acceptors (Lipinski definition) is 5. The number of fused-ring (bicyclic) bond motifs is 1. The largest absolute Gasteiger partial charge is 0.488 e. The molecule has 1 aromatic heterocycles. The number of aromatic nitrogens is 1. The highest BCUT2D eigenvalue weighted by Crippen LogP contribution is 2.28. The van der Waals surface area contributed by atoms with Crippen molar-refractivity contribution in [1.82, 2.24) is 4.98 Å². The third kappa shape index (κ3) is 5.59. The number of rotatable bonds is 6. The van der Waals surface area contributed by atoms with E-state index in [0.29, 0.717) is 29.1 Å². The first-order valence-corrected chi connectivity index (χ1v) is 11.0. The van der Waals surface area contributed by atoms with Gasteiger partial charge in [0.15, 0.2) is 0 Å². The number of benzene rings is 3. The number of nitrogens with zero attached hydrogens (tertiary/aromatic N) is 1. The molecule has 0 bridgehead atoms. The van der Waals surface area contributed by atoms with E-state index in [4.69, 9.17) is 9.47 Å². The number of nitrogens with one attached hydrogen (secondary N) is 1. The van der Waals surface area contributed by atoms with Gasteiger partial charge in [0.2, 0.25) is 5.78 Å². The zero-order valence-electron chi connectivity index (χ0n) is 19.4. The maximum Gasteiger partial charge on any atom is 0.412 e. The number of carbonyl (C=O) groups excluding carboxylic acids is 2. The molecule has 0 unspecified atom stereocenters. The lowest BCUT2D eigenvalue weighted by Crippen LogP contribution is -2.27. The van der Waals surface area contributed by atoms with E-state index in [2.05, 4.69) is 10.3 Å². The Bertz CT molecular complexity index is 1330. The van der Waals surface area contributed by atoms with Crippen LogP contribution < -0.4 is 10.1 Å². The van der Waals surface area contributed by atoms with Crippen molar-refractivity contribution < 1.29 is 19.1 Å². The maximum absolute atomic E-state index is 13.5. The van der Waals surface area contributed by atoms with Crippen LogP contribution in [0.5, 0.6) is 5.75 Å². The smallest absolute Gasteiger partial charge is 0.412 e. The summed E-state index contributed by atoms with van der Waals surface area (Å²) in [7, 11) is 0. The maximum atomic E-state index is 13.5. The molecule has 0 radical (unpaired) electrons. The molecule has 0 aliphatic rings. The highest BCUT2D eigenvalue weighted by atomic mass is 16.6. The van der Waals surface area contributed by atoms with E-state index in [9.17, 15) is 9.59 Å². The van der Waals surface area contributed by atoms with Crippen LogP contribution in [-0.2, 0) is 11.3 Å². The van der Waals surface area contributed by atoms with E-state index >= 15 is 0 Å². The van der Waals surface area contributed by atoms with Crippen molar-refractivity contribution in [3.63, 3.8) is 0 Å². The van der Waals surface area contributed by atoms with Crippen LogP contribution in [0.25, 0.3) is 10.9 Å². The van der Waals surface area contributed by atoms with Crippen LogP contribution in [0.3, 0.4) is 0 Å². The van der Waals surface area contributed by atoms with Crippen molar-refractivity contribution in [2.24, 2.45) is 0 Å². The number of ether oxygens (including phenoxy) is 2. The number of ketones is 1. The molecule has 3 aromatic carbocycles. The number of carbonyl (C=O) groups is 2. The van der Waals surface area contributed by atoms with Crippen LogP contribution in [0.2, 0.25) is 0 Å². The Balaban J connectivity index is 1.66. The normalized spacial score (nSPS) is 11.1. The van der Waals surface area contributed by atoms with Crippen LogP contribution in [-0.4, -0.2) is 22.5 Å². The molecule has 0 saturated heterocycles. The Kier molecular flexibility index (Phi) is 6.59. The highest BCUT2D eigenvalue weighted by Gasteiger charge is 2.21. The van der Waals surface area contributed by atoms with Gasteiger partial charge in [-0.25, -0.2) is 9.78 Å². The molecule has 4 rings (SSSR count). The lowest BCUT2D eigenvalue weighted by molar-refractivity contribution is 0.0636. The van der Waals surface area contributed by atoms with Gasteiger partial charge in [0.1, 0.15) is 23.7 Å². The number of amides is 1. The third-order valence-corrected chi connectivity index (χ3v) is 4.96. The van der Waals surface area contributed by atoms with Crippen LogP contribution >= 0.6 is 0 Å². The second-order valence-corrected chi connectivity index (χ2v) is 8.80. The second kappa shape index (κ2) is 9.75. The molecule has 6 nitrogen and oxygen atoms in total. The first kappa shape index (κ1) is 23.0. The topological polar surface area (TPSA) is 77.5 Å². The summed E-state index contributed by atoms with van der Waals surface area (Å²) in [6.07, 6.45) is -0.633. The molecule has 0 spiro atoms. The van der Waals surface area contributed by atoms with Gasteiger partial charge in [0.05, 0.1) is 11.2 Å². The zero-order chi connectivity index (χ0) is 24.1. The first-order valence-electron chi connectivity index (χ1n) is 11.0. The molecule has 1 N–H and O–H groups in total. The van der Waals surface area contributed by atoms with Crippen molar-refractivity contribution in [2.75, 3.05) is 5.32 Å². The number of pyridine rings is 1. The zero-order valence-corrected chi connectivity index (χ0v) is 19.4. The van der Waals surface area contributed by atoms with Gasteiger partial charge in [-0.15, -0.1) is 0 Å². The molecule has 0 atom stereocenters. The molecule has 0 aliphatic carbocycles. The molecule has 6 heteroatoms. The van der Waals surface area contributed by atoms with Gasteiger partial charge in [-0.1, -0.05) is 54.6 Å². The molecule has 34 heavy (non-hydrogen) atoms. The van der Waals surface area contributed by atoms with Crippen LogP contribution in [0, 0.1) is 0 Å². The monoisotopic (exact) mass is 454 g/mol. The van der Waals surface area contributed by atoms with Gasteiger partial charge < -0.3 is 9.47 Å². The molecule has 0 saturated carbocycles. The molecular formula is C28H26N2O4. The average Bonchev–Trinajstić information content (AvgIpc) is 2.81. The van der Waals surface area contributed by atoms with E-state index < -0.39 is 11.7 Å². The van der Waals surface area contributed by atoms with Crippen molar-refractivity contribution in [1.29, 1.82) is 0 Å². The molecule has 1 amide bonds. The summed E-state index contributed by atoms with van der Waals surface area (Å²) < 4.78 is 11.4. The predicted octanol–water partition coefficient (Wildman–Crippen LogP) is 6.39. The minimum Gasteiger partial charge on any atom is -0.488 e. The van der Waals surface area contributed by atoms with Crippen LogP contribution in [0.15, 0.2) is 84.9 Å². The fraction of sp³-hybridized carbons (Fsp3) is 0.179. The van der Waals surface area contributed by atoms with Gasteiger partial charge in [-0.2, -0.15) is 0 Å². The molecule has 172 valence electrons. The van der Waals surface area contributed by atoms with Gasteiger partial charge >= 0.3 is 6.09 Å². The van der Waals surface area contributed by atoms with E-state index in [1.807, 2.05) is 54.6 Å². The first-order chi connectivity index (χ1) is 16.3. The molecule has 0 fully saturated rings. The van der Waals surface area contributed by atoms with E-state index in [0.717, 1.165) is 10.9 Å². The summed E-state index contributed by atoms with van der Waals surface area (Å²) in [6, 6.07) is 25.8. The third-order valence-electron chi connectivity index (χ3n) is 4.96. The van der Waals surface area contributed by atoms with Gasteiger partial charge in [-0.05, 0) is 50.6 Å². The van der Waals surface area contributed by atoms with Crippen molar-refractivity contribution in [3.8, 4) is 5.75 Å². The van der Waals surface area contributed by atoms with Crippen molar-refractivity contribution in [2.45, 2.75) is 33.0 Å². The Morgan fingerprint density at radius 2 is 1.56 bits per heavy atom. The van der Waals surface area contributed by atoms with Crippen molar-refractivity contribution >= 4 is 28.5 Å². The highest BCUT2D eigenvalue weighted by molar-refractivity contribution is 6.13. The Hall–Kier alpha value is -4.19. The van der Waals surface area contributed by atoms with Gasteiger partial charge in [0.25, 0.3) is 0 Å². The summed E-state index contributed by atoms with van der Waals surface area (Å²) in [4.78, 5) is 30.4. The number of hydrogen-bond donors (Lipinski definition) is 1. The summed E-state index contributed by atoms with van der Waals surface area (Å²) in [5, 5.41) is 3.49. The Morgan fingerprint density at radius 1 is 0.882 bits per heavy atom. The summed E-state index contributed by atoms with van der Waals surface area (Å²) >= 11 is 0. The fourth-order valence-corrected chi connectivity index (χ4v) is 3.46. The van der Waals surface area contributed by atoms with Gasteiger partial charge in [0, 0.05) is 17.0 Å². The lowest BCUT2D eigenvalue weighted by Gasteiger charge is -2.20. The Labute approximate surface area is 198 Å². The summed E-state index contributed by atoms with van der Waals surface area (Å²) in [5.41, 5.74) is 1.89. The fourth-order valence-electron chi connectivity index (χ4n) is 3.46. The standard InChI is InChI=1S/C28H26N2O4/c1-28(2,3)34-27(32)30-23-16-10-8-14-21(23)26(31)24-17-25(20-13-7-9-15-22(20)29-24)33-18-19-11-5-4-6-12-19/h4-17H,18H2,1-3H3,(H,30,32). The molecular weight excluding hydrogens is 428 g/mol. The second-order valence-electron chi connectivity index (χ2n) is 8.80. The quantitative estimate of drug-likeness (QED) is 0.342. The minimum absolute atomic E-state index is 0.222. The van der Waals surface area contributed by atoms with Crippen molar-refractivity contribution in [3.05, 3.63) is 102 Å². The lowest BCUT2D eigenvalue weighted by atomic mass is 10.0. The van der Waals surface area contributed by atoms with E-state index in [1.54, 1.807) is 51.1 Å². The number of para-hydroxylation sites is 2. The van der Waals surface area contributed by atoms with E-state index in [1.165, 1.54) is 0 Å². The predicted molar refractivity (Wildman–Crippen MR) is 132 cm³/mol.